The van der Waals surface area contributed by atoms with E-state index in [1.54, 1.807) is 0 Å². The normalized spacial score (nSPS) is 18.6. The molecule has 3 heteroatoms. The highest BCUT2D eigenvalue weighted by atomic mass is 32.1. The molecule has 0 aromatic carbocycles. The Bertz CT molecular complexity index is 277. The van der Waals surface area contributed by atoms with Crippen LogP contribution >= 0.6 is 11.3 Å². The number of hydrogen-bond acceptors (Lipinski definition) is 3. The summed E-state index contributed by atoms with van der Waals surface area (Å²) in [5, 5.41) is 3.38. The Hall–Kier alpha value is -0.380. The molecule has 0 amide bonds. The van der Waals surface area contributed by atoms with Crippen LogP contribution in [0.2, 0.25) is 0 Å². The van der Waals surface area contributed by atoms with E-state index in [1.165, 1.54) is 35.8 Å². The van der Waals surface area contributed by atoms with Crippen molar-refractivity contribution in [2.75, 3.05) is 32.7 Å². The molecule has 0 atom stereocenters. The van der Waals surface area contributed by atoms with Gasteiger partial charge in [-0.25, -0.2) is 0 Å². The Balaban J connectivity index is 1.76. The summed E-state index contributed by atoms with van der Waals surface area (Å²) in [6.45, 7) is 8.14. The molecule has 14 heavy (non-hydrogen) atoms. The van der Waals surface area contributed by atoms with Crippen molar-refractivity contribution in [3.63, 3.8) is 0 Å². The number of nitrogens with zero attached hydrogens (tertiary/aromatic N) is 1. The van der Waals surface area contributed by atoms with Crippen molar-refractivity contribution in [2.45, 2.75) is 13.3 Å². The molecule has 0 saturated carbocycles. The van der Waals surface area contributed by atoms with Gasteiger partial charge in [0.15, 0.2) is 0 Å². The van der Waals surface area contributed by atoms with E-state index < -0.39 is 0 Å². The molecule has 0 bridgehead atoms. The average Bonchev–Trinajstić information content (AvgIpc) is 2.63. The van der Waals surface area contributed by atoms with Crippen molar-refractivity contribution in [3.05, 3.63) is 21.9 Å². The van der Waals surface area contributed by atoms with Crippen LogP contribution in [0.25, 0.3) is 0 Å². The fraction of sp³-hybridized carbons (Fsp3) is 0.636. The van der Waals surface area contributed by atoms with Gasteiger partial charge in [-0.15, -0.1) is 11.3 Å². The van der Waals surface area contributed by atoms with Crippen molar-refractivity contribution in [3.8, 4) is 0 Å². The zero-order valence-electron chi connectivity index (χ0n) is 8.75. The predicted molar refractivity (Wildman–Crippen MR) is 62.1 cm³/mol. The van der Waals surface area contributed by atoms with Crippen molar-refractivity contribution in [1.82, 2.24) is 10.2 Å². The Morgan fingerprint density at radius 1 is 1.36 bits per heavy atom. The fourth-order valence-electron chi connectivity index (χ4n) is 1.82. The molecule has 2 rings (SSSR count). The summed E-state index contributed by atoms with van der Waals surface area (Å²) >= 11 is 1.93. The van der Waals surface area contributed by atoms with Gasteiger partial charge in [-0.3, -0.25) is 0 Å². The molecule has 1 aliphatic rings. The Morgan fingerprint density at radius 2 is 2.14 bits per heavy atom. The first kappa shape index (κ1) is 10.1. The maximum atomic E-state index is 3.38. The van der Waals surface area contributed by atoms with E-state index in [-0.39, 0.29) is 0 Å². The molecule has 1 aromatic rings. The van der Waals surface area contributed by atoms with Gasteiger partial charge < -0.3 is 10.2 Å². The molecule has 0 aliphatic carbocycles. The number of hydrogen-bond donors (Lipinski definition) is 1. The lowest BCUT2D eigenvalue weighted by Gasteiger charge is -2.26. The largest absolute Gasteiger partial charge is 0.314 e. The zero-order chi connectivity index (χ0) is 9.80. The minimum absolute atomic E-state index is 1.16. The SMILES string of the molecule is Cc1ccc(CCN2CCNCC2)s1. The molecule has 78 valence electrons. The van der Waals surface area contributed by atoms with Crippen LogP contribution < -0.4 is 5.32 Å². The maximum Gasteiger partial charge on any atom is 0.0108 e. The number of rotatable bonds is 3. The molecular weight excluding hydrogens is 192 g/mol. The number of piperazine rings is 1. The monoisotopic (exact) mass is 210 g/mol. The maximum absolute atomic E-state index is 3.38. The third kappa shape index (κ3) is 2.80. The van der Waals surface area contributed by atoms with Gasteiger partial charge in [-0.05, 0) is 25.5 Å². The lowest BCUT2D eigenvalue weighted by Crippen LogP contribution is -2.44. The predicted octanol–water partition coefficient (Wildman–Crippen LogP) is 1.50. The standard InChI is InChI=1S/C11H18N2S/c1-10-2-3-11(14-10)4-7-13-8-5-12-6-9-13/h2-3,12H,4-9H2,1H3. The van der Waals surface area contributed by atoms with Crippen LogP contribution in [0.1, 0.15) is 9.75 Å². The number of thiophene rings is 1. The molecule has 1 fully saturated rings. The van der Waals surface area contributed by atoms with Gasteiger partial charge in [-0.1, -0.05) is 0 Å². The van der Waals surface area contributed by atoms with Crippen LogP contribution in [0.15, 0.2) is 12.1 Å². The third-order valence-corrected chi connectivity index (χ3v) is 3.74. The van der Waals surface area contributed by atoms with Crippen LogP contribution in [-0.2, 0) is 6.42 Å². The lowest BCUT2D eigenvalue weighted by atomic mass is 10.3. The van der Waals surface area contributed by atoms with Gasteiger partial charge in [0.25, 0.3) is 0 Å². The molecule has 0 radical (unpaired) electrons. The highest BCUT2D eigenvalue weighted by molar-refractivity contribution is 7.11. The topological polar surface area (TPSA) is 15.3 Å². The van der Waals surface area contributed by atoms with E-state index in [0.717, 1.165) is 13.1 Å². The van der Waals surface area contributed by atoms with Gasteiger partial charge in [0.2, 0.25) is 0 Å². The first-order valence-corrected chi connectivity index (χ1v) is 6.14. The van der Waals surface area contributed by atoms with Crippen LogP contribution in [0.4, 0.5) is 0 Å². The quantitative estimate of drug-likeness (QED) is 0.813. The summed E-state index contributed by atoms with van der Waals surface area (Å²) in [6.07, 6.45) is 1.22. The van der Waals surface area contributed by atoms with E-state index in [2.05, 4.69) is 29.3 Å². The molecule has 1 saturated heterocycles. The van der Waals surface area contributed by atoms with Gasteiger partial charge in [-0.2, -0.15) is 0 Å². The Morgan fingerprint density at radius 3 is 2.79 bits per heavy atom. The lowest BCUT2D eigenvalue weighted by molar-refractivity contribution is 0.244. The molecule has 1 aromatic heterocycles. The van der Waals surface area contributed by atoms with Crippen molar-refractivity contribution >= 4 is 11.3 Å². The molecule has 2 nitrogen and oxygen atoms in total. The minimum atomic E-state index is 1.16. The van der Waals surface area contributed by atoms with Crippen molar-refractivity contribution < 1.29 is 0 Å². The molecule has 1 aliphatic heterocycles. The van der Waals surface area contributed by atoms with Crippen LogP contribution in [0.3, 0.4) is 0 Å². The summed E-state index contributed by atoms with van der Waals surface area (Å²) in [7, 11) is 0. The Kier molecular flexibility index (Phi) is 3.56. The first-order chi connectivity index (χ1) is 6.84. The van der Waals surface area contributed by atoms with Crippen molar-refractivity contribution in [1.29, 1.82) is 0 Å². The smallest absolute Gasteiger partial charge is 0.0108 e. The third-order valence-electron chi connectivity index (χ3n) is 2.68. The van der Waals surface area contributed by atoms with E-state index in [0.29, 0.717) is 0 Å². The molecule has 0 unspecified atom stereocenters. The summed E-state index contributed by atoms with van der Waals surface area (Å²) in [6, 6.07) is 4.49. The summed E-state index contributed by atoms with van der Waals surface area (Å²) < 4.78 is 0. The summed E-state index contributed by atoms with van der Waals surface area (Å²) in [5.41, 5.74) is 0. The van der Waals surface area contributed by atoms with Gasteiger partial charge in [0.1, 0.15) is 0 Å². The fourth-order valence-corrected chi connectivity index (χ4v) is 2.70. The number of nitrogens with one attached hydrogen (secondary N) is 1. The van der Waals surface area contributed by atoms with Crippen LogP contribution in [0, 0.1) is 6.92 Å². The van der Waals surface area contributed by atoms with Gasteiger partial charge in [0.05, 0.1) is 0 Å². The van der Waals surface area contributed by atoms with Gasteiger partial charge in [0, 0.05) is 42.5 Å². The second-order valence-corrected chi connectivity index (χ2v) is 5.23. The van der Waals surface area contributed by atoms with Gasteiger partial charge >= 0.3 is 0 Å². The molecular formula is C11H18N2S. The Labute approximate surface area is 89.9 Å². The molecule has 2 heterocycles. The minimum Gasteiger partial charge on any atom is -0.314 e. The van der Waals surface area contributed by atoms with Crippen LogP contribution in [-0.4, -0.2) is 37.6 Å². The highest BCUT2D eigenvalue weighted by Gasteiger charge is 2.09. The van der Waals surface area contributed by atoms with E-state index in [9.17, 15) is 0 Å². The van der Waals surface area contributed by atoms with Crippen LogP contribution in [0.5, 0.6) is 0 Å². The number of aryl methyl sites for hydroxylation is 1. The average molecular weight is 210 g/mol. The van der Waals surface area contributed by atoms with E-state index in [4.69, 9.17) is 0 Å². The van der Waals surface area contributed by atoms with Crippen molar-refractivity contribution in [2.24, 2.45) is 0 Å². The second-order valence-electron chi connectivity index (χ2n) is 3.85. The summed E-state index contributed by atoms with van der Waals surface area (Å²) in [4.78, 5) is 5.51. The van der Waals surface area contributed by atoms with E-state index in [1.807, 2.05) is 11.3 Å². The molecule has 0 spiro atoms. The zero-order valence-corrected chi connectivity index (χ0v) is 9.57. The highest BCUT2D eigenvalue weighted by Crippen LogP contribution is 2.15. The van der Waals surface area contributed by atoms with E-state index >= 15 is 0 Å². The second kappa shape index (κ2) is 4.91. The first-order valence-electron chi connectivity index (χ1n) is 5.33. The molecule has 1 N–H and O–H groups in total. The summed E-state index contributed by atoms with van der Waals surface area (Å²) in [5.74, 6) is 0.